The molecule has 2 aromatic rings. The maximum Gasteiger partial charge on any atom is 0.213 e. The SMILES string of the molecule is CCCOc1ccc(CNC(=NC)NCCOc2ccc(OC)cc2)cn1.I. The van der Waals surface area contributed by atoms with Gasteiger partial charge in [0.15, 0.2) is 5.96 Å². The van der Waals surface area contributed by atoms with Gasteiger partial charge < -0.3 is 24.8 Å². The minimum atomic E-state index is 0. The second-order valence-electron chi connectivity index (χ2n) is 5.73. The number of nitrogens with one attached hydrogen (secondary N) is 2. The zero-order valence-corrected chi connectivity index (χ0v) is 18.9. The van der Waals surface area contributed by atoms with Crippen LogP contribution in [0.25, 0.3) is 0 Å². The van der Waals surface area contributed by atoms with Crippen LogP contribution in [0.3, 0.4) is 0 Å². The quantitative estimate of drug-likeness (QED) is 0.226. The lowest BCUT2D eigenvalue weighted by Gasteiger charge is -2.13. The van der Waals surface area contributed by atoms with E-state index in [-0.39, 0.29) is 24.0 Å². The van der Waals surface area contributed by atoms with E-state index in [4.69, 9.17) is 14.2 Å². The van der Waals surface area contributed by atoms with E-state index in [1.165, 1.54) is 0 Å². The molecule has 0 amide bonds. The third kappa shape index (κ3) is 8.64. The largest absolute Gasteiger partial charge is 0.497 e. The van der Waals surface area contributed by atoms with Gasteiger partial charge in [-0.05, 0) is 36.2 Å². The number of rotatable bonds is 10. The van der Waals surface area contributed by atoms with Crippen LogP contribution in [0.15, 0.2) is 47.6 Å². The summed E-state index contributed by atoms with van der Waals surface area (Å²) >= 11 is 0. The number of aromatic nitrogens is 1. The second kappa shape index (κ2) is 13.9. The number of methoxy groups -OCH3 is 1. The summed E-state index contributed by atoms with van der Waals surface area (Å²) in [6, 6.07) is 11.4. The number of hydrogen-bond acceptors (Lipinski definition) is 5. The summed E-state index contributed by atoms with van der Waals surface area (Å²) in [6.45, 7) is 4.53. The molecule has 0 bridgehead atoms. The molecule has 8 heteroatoms. The van der Waals surface area contributed by atoms with Crippen molar-refractivity contribution in [1.82, 2.24) is 15.6 Å². The van der Waals surface area contributed by atoms with Crippen LogP contribution in [0, 0.1) is 0 Å². The van der Waals surface area contributed by atoms with Crippen molar-refractivity contribution in [1.29, 1.82) is 0 Å². The lowest BCUT2D eigenvalue weighted by Crippen LogP contribution is -2.38. The summed E-state index contributed by atoms with van der Waals surface area (Å²) < 4.78 is 16.3. The van der Waals surface area contributed by atoms with E-state index in [0.717, 1.165) is 23.5 Å². The van der Waals surface area contributed by atoms with Gasteiger partial charge in [0.05, 0.1) is 20.3 Å². The first-order chi connectivity index (χ1) is 13.2. The van der Waals surface area contributed by atoms with Gasteiger partial charge in [-0.25, -0.2) is 4.98 Å². The van der Waals surface area contributed by atoms with Crippen LogP contribution in [-0.4, -0.2) is 44.9 Å². The van der Waals surface area contributed by atoms with Gasteiger partial charge in [0, 0.05) is 25.9 Å². The zero-order chi connectivity index (χ0) is 19.3. The molecule has 1 aromatic heterocycles. The molecule has 0 unspecified atom stereocenters. The first kappa shape index (κ1) is 23.8. The molecule has 0 aliphatic rings. The van der Waals surface area contributed by atoms with Crippen molar-refractivity contribution in [3.05, 3.63) is 48.2 Å². The van der Waals surface area contributed by atoms with E-state index in [1.54, 1.807) is 20.4 Å². The summed E-state index contributed by atoms with van der Waals surface area (Å²) in [7, 11) is 3.38. The van der Waals surface area contributed by atoms with Crippen molar-refractivity contribution in [2.24, 2.45) is 4.99 Å². The zero-order valence-electron chi connectivity index (χ0n) is 16.6. The van der Waals surface area contributed by atoms with E-state index in [0.29, 0.717) is 38.1 Å². The van der Waals surface area contributed by atoms with Crippen molar-refractivity contribution in [3.63, 3.8) is 0 Å². The smallest absolute Gasteiger partial charge is 0.213 e. The Balaban J connectivity index is 0.00000392. The summed E-state index contributed by atoms with van der Waals surface area (Å²) in [4.78, 5) is 8.50. The normalized spacial score (nSPS) is 10.6. The van der Waals surface area contributed by atoms with E-state index < -0.39 is 0 Å². The van der Waals surface area contributed by atoms with E-state index >= 15 is 0 Å². The standard InChI is InChI=1S/C20H28N4O3.HI/c1-4-12-27-19-10-5-16(14-23-19)15-24-20(21-2)22-11-13-26-18-8-6-17(25-3)7-9-18;/h5-10,14H,4,11-13,15H2,1-3H3,(H2,21,22,24);1H. The van der Waals surface area contributed by atoms with E-state index in [1.807, 2.05) is 36.4 Å². The Kier molecular flexibility index (Phi) is 11.8. The van der Waals surface area contributed by atoms with Crippen molar-refractivity contribution in [3.8, 4) is 17.4 Å². The van der Waals surface area contributed by atoms with Gasteiger partial charge in [-0.15, -0.1) is 24.0 Å². The maximum atomic E-state index is 5.68. The van der Waals surface area contributed by atoms with Crippen molar-refractivity contribution < 1.29 is 14.2 Å². The number of hydrogen-bond donors (Lipinski definition) is 2. The average Bonchev–Trinajstić information content (AvgIpc) is 2.73. The molecule has 0 aliphatic carbocycles. The fourth-order valence-corrected chi connectivity index (χ4v) is 2.22. The second-order valence-corrected chi connectivity index (χ2v) is 5.73. The number of halogens is 1. The summed E-state index contributed by atoms with van der Waals surface area (Å²) in [6.07, 6.45) is 2.77. The predicted molar refractivity (Wildman–Crippen MR) is 122 cm³/mol. The van der Waals surface area contributed by atoms with E-state index in [2.05, 4.69) is 27.5 Å². The van der Waals surface area contributed by atoms with Crippen LogP contribution in [0.1, 0.15) is 18.9 Å². The van der Waals surface area contributed by atoms with Crippen LogP contribution in [0.4, 0.5) is 0 Å². The molecule has 0 atom stereocenters. The van der Waals surface area contributed by atoms with Crippen LogP contribution in [-0.2, 0) is 6.54 Å². The van der Waals surface area contributed by atoms with Gasteiger partial charge in [0.25, 0.3) is 0 Å². The molecule has 7 nitrogen and oxygen atoms in total. The van der Waals surface area contributed by atoms with E-state index in [9.17, 15) is 0 Å². The molecule has 1 aromatic carbocycles. The summed E-state index contributed by atoms with van der Waals surface area (Å²) in [5, 5.41) is 6.46. The lowest BCUT2D eigenvalue weighted by molar-refractivity contribution is 0.305. The molecular formula is C20H29IN4O3. The van der Waals surface area contributed by atoms with Gasteiger partial charge in [-0.2, -0.15) is 0 Å². The molecule has 2 N–H and O–H groups in total. The molecule has 0 saturated carbocycles. The Labute approximate surface area is 183 Å². The highest BCUT2D eigenvalue weighted by atomic mass is 127. The topological polar surface area (TPSA) is 77.0 Å². The lowest BCUT2D eigenvalue weighted by atomic mass is 10.3. The number of aliphatic imine (C=N–C) groups is 1. The third-order valence-electron chi connectivity index (χ3n) is 3.66. The number of ether oxygens (including phenoxy) is 3. The van der Waals surface area contributed by atoms with Crippen LogP contribution >= 0.6 is 24.0 Å². The molecule has 28 heavy (non-hydrogen) atoms. The molecule has 154 valence electrons. The van der Waals surface area contributed by atoms with Gasteiger partial charge in [-0.3, -0.25) is 4.99 Å². The fourth-order valence-electron chi connectivity index (χ4n) is 2.22. The molecular weight excluding hydrogens is 471 g/mol. The minimum absolute atomic E-state index is 0. The fraction of sp³-hybridized carbons (Fsp3) is 0.400. The molecule has 0 radical (unpaired) electrons. The highest BCUT2D eigenvalue weighted by molar-refractivity contribution is 14.0. The highest BCUT2D eigenvalue weighted by Gasteiger charge is 2.01. The number of nitrogens with zero attached hydrogens (tertiary/aromatic N) is 2. The summed E-state index contributed by atoms with van der Waals surface area (Å²) in [5.41, 5.74) is 1.05. The molecule has 0 spiro atoms. The molecule has 0 fully saturated rings. The van der Waals surface area contributed by atoms with Gasteiger partial charge in [0.1, 0.15) is 18.1 Å². The Morgan fingerprint density at radius 3 is 2.36 bits per heavy atom. The van der Waals surface area contributed by atoms with Crippen molar-refractivity contribution >= 4 is 29.9 Å². The Bertz CT molecular complexity index is 694. The number of guanidine groups is 1. The predicted octanol–water partition coefficient (Wildman–Crippen LogP) is 3.24. The van der Waals surface area contributed by atoms with Crippen LogP contribution in [0.2, 0.25) is 0 Å². The Hall–Kier alpha value is -2.23. The monoisotopic (exact) mass is 500 g/mol. The van der Waals surface area contributed by atoms with Crippen molar-refractivity contribution in [2.75, 3.05) is 33.9 Å². The summed E-state index contributed by atoms with van der Waals surface area (Å²) in [5.74, 6) is 2.97. The first-order valence-corrected chi connectivity index (χ1v) is 9.04. The molecule has 1 heterocycles. The average molecular weight is 500 g/mol. The highest BCUT2D eigenvalue weighted by Crippen LogP contribution is 2.16. The van der Waals surface area contributed by atoms with Crippen LogP contribution < -0.4 is 24.8 Å². The van der Waals surface area contributed by atoms with Gasteiger partial charge >= 0.3 is 0 Å². The third-order valence-corrected chi connectivity index (χ3v) is 3.66. The molecule has 0 aliphatic heterocycles. The maximum absolute atomic E-state index is 5.68. The Morgan fingerprint density at radius 2 is 1.75 bits per heavy atom. The van der Waals surface area contributed by atoms with Gasteiger partial charge in [0.2, 0.25) is 5.88 Å². The Morgan fingerprint density at radius 1 is 1.00 bits per heavy atom. The van der Waals surface area contributed by atoms with Crippen LogP contribution in [0.5, 0.6) is 17.4 Å². The first-order valence-electron chi connectivity index (χ1n) is 9.04. The molecule has 2 rings (SSSR count). The number of benzene rings is 1. The minimum Gasteiger partial charge on any atom is -0.497 e. The van der Waals surface area contributed by atoms with Crippen molar-refractivity contribution in [2.45, 2.75) is 19.9 Å². The van der Waals surface area contributed by atoms with Gasteiger partial charge in [-0.1, -0.05) is 13.0 Å². The molecule has 0 saturated heterocycles. The number of pyridine rings is 1.